The van der Waals surface area contributed by atoms with Crippen LogP contribution in [-0.4, -0.2) is 50.1 Å². The first-order chi connectivity index (χ1) is 16.5. The smallest absolute Gasteiger partial charge is 0.274 e. The molecule has 35 heavy (non-hydrogen) atoms. The highest BCUT2D eigenvalue weighted by Crippen LogP contribution is 2.41. The van der Waals surface area contributed by atoms with Crippen molar-refractivity contribution in [3.8, 4) is 11.3 Å². The van der Waals surface area contributed by atoms with Crippen LogP contribution in [0.15, 0.2) is 48.8 Å². The number of aliphatic hydroxyl groups is 2. The molecule has 4 rings (SSSR count). The summed E-state index contributed by atoms with van der Waals surface area (Å²) in [6.45, 7) is 2.71. The first-order valence-electron chi connectivity index (χ1n) is 10.6. The van der Waals surface area contributed by atoms with E-state index >= 15 is 4.39 Å². The van der Waals surface area contributed by atoms with Crippen LogP contribution in [0.3, 0.4) is 0 Å². The van der Waals surface area contributed by atoms with E-state index in [1.807, 2.05) is 0 Å². The van der Waals surface area contributed by atoms with E-state index in [-0.39, 0.29) is 16.9 Å². The summed E-state index contributed by atoms with van der Waals surface area (Å²) in [4.78, 5) is 20.6. The third-order valence-corrected chi connectivity index (χ3v) is 6.05. The van der Waals surface area contributed by atoms with E-state index in [9.17, 15) is 28.2 Å². The largest absolute Gasteiger partial charge is 0.387 e. The van der Waals surface area contributed by atoms with E-state index in [0.717, 1.165) is 30.3 Å². The maximum Gasteiger partial charge on any atom is 0.274 e. The minimum absolute atomic E-state index is 0.00385. The average molecular weight is 491 g/mol. The Labute approximate surface area is 197 Å². The van der Waals surface area contributed by atoms with Gasteiger partial charge in [0.25, 0.3) is 5.91 Å². The Morgan fingerprint density at radius 1 is 1.11 bits per heavy atom. The first-order valence-corrected chi connectivity index (χ1v) is 10.6. The van der Waals surface area contributed by atoms with Gasteiger partial charge in [0.15, 0.2) is 6.17 Å². The van der Waals surface area contributed by atoms with Crippen molar-refractivity contribution in [2.75, 3.05) is 5.32 Å². The molecule has 0 radical (unpaired) electrons. The molecule has 1 fully saturated rings. The highest BCUT2D eigenvalue weighted by molar-refractivity contribution is 6.03. The van der Waals surface area contributed by atoms with E-state index in [2.05, 4.69) is 15.3 Å². The minimum atomic E-state index is -2.04. The molecule has 2 aromatic heterocycles. The van der Waals surface area contributed by atoms with Gasteiger partial charge < -0.3 is 20.3 Å². The van der Waals surface area contributed by atoms with Gasteiger partial charge in [-0.3, -0.25) is 9.78 Å². The lowest BCUT2D eigenvalue weighted by atomic mass is 9.83. The van der Waals surface area contributed by atoms with E-state index in [4.69, 9.17) is 4.74 Å². The minimum Gasteiger partial charge on any atom is -0.387 e. The molecule has 3 N–H and O–H groups in total. The molecule has 5 atom stereocenters. The zero-order valence-corrected chi connectivity index (χ0v) is 18.5. The quantitative estimate of drug-likeness (QED) is 0.481. The number of nitrogens with one attached hydrogen (secondary N) is 1. The Morgan fingerprint density at radius 2 is 1.80 bits per heavy atom. The molecule has 0 unspecified atom stereocenters. The standard InChI is InChI=1S/C24H21F4N3O4/c1-11-24(2,34)22(32)19(28)21(35-11)12-8-9-29-10-17(12)31-23(33)16-7-6-15(27)20(30-16)18-13(25)4-3-5-14(18)26/h3-11,19,21-22,32,34H,1-2H3,(H,31,33)/t11-,19+,21+,22-,24-/m1/s1. The second kappa shape index (κ2) is 9.33. The van der Waals surface area contributed by atoms with Gasteiger partial charge >= 0.3 is 0 Å². The number of amides is 1. The highest BCUT2D eigenvalue weighted by atomic mass is 19.1. The fourth-order valence-corrected chi connectivity index (χ4v) is 3.82. The fourth-order valence-electron chi connectivity index (χ4n) is 3.82. The van der Waals surface area contributed by atoms with Crippen molar-refractivity contribution in [2.45, 2.75) is 43.9 Å². The van der Waals surface area contributed by atoms with Crippen LogP contribution in [-0.2, 0) is 4.74 Å². The maximum atomic E-state index is 15.0. The van der Waals surface area contributed by atoms with Crippen molar-refractivity contribution in [1.82, 2.24) is 9.97 Å². The summed E-state index contributed by atoms with van der Waals surface area (Å²) in [5, 5.41) is 23.0. The number of anilines is 1. The molecule has 7 nitrogen and oxygen atoms in total. The maximum absolute atomic E-state index is 15.0. The van der Waals surface area contributed by atoms with E-state index in [1.54, 1.807) is 0 Å². The van der Waals surface area contributed by atoms with E-state index in [0.29, 0.717) is 0 Å². The number of nitrogens with zero attached hydrogens (tertiary/aromatic N) is 2. The summed E-state index contributed by atoms with van der Waals surface area (Å²) in [7, 11) is 0. The predicted molar refractivity (Wildman–Crippen MR) is 117 cm³/mol. The monoisotopic (exact) mass is 491 g/mol. The van der Waals surface area contributed by atoms with Crippen LogP contribution in [0.1, 0.15) is 36.0 Å². The van der Waals surface area contributed by atoms with Crippen molar-refractivity contribution in [3.05, 3.63) is 77.5 Å². The SMILES string of the molecule is C[C@H]1O[C@@H](c2ccncc2NC(=O)c2ccc(F)c(-c3c(F)cccc3F)n2)[C@H](F)[C@@H](O)[C@]1(C)O. The number of pyridine rings is 2. The Bertz CT molecular complexity index is 1250. The molecular weight excluding hydrogens is 470 g/mol. The lowest BCUT2D eigenvalue weighted by Gasteiger charge is -2.45. The summed E-state index contributed by atoms with van der Waals surface area (Å²) in [6, 6.07) is 6.19. The molecule has 1 saturated heterocycles. The van der Waals surface area contributed by atoms with Crippen molar-refractivity contribution in [3.63, 3.8) is 0 Å². The number of ether oxygens (including phenoxy) is 1. The van der Waals surface area contributed by atoms with Crippen LogP contribution in [0.5, 0.6) is 0 Å². The van der Waals surface area contributed by atoms with Crippen LogP contribution in [0.25, 0.3) is 11.3 Å². The van der Waals surface area contributed by atoms with E-state index < -0.39 is 64.7 Å². The first kappa shape index (κ1) is 24.7. The van der Waals surface area contributed by atoms with Gasteiger partial charge in [0, 0.05) is 11.8 Å². The molecule has 1 aliphatic rings. The number of benzene rings is 1. The molecule has 1 amide bonds. The third-order valence-electron chi connectivity index (χ3n) is 6.05. The summed E-state index contributed by atoms with van der Waals surface area (Å²) >= 11 is 0. The van der Waals surface area contributed by atoms with Crippen LogP contribution in [0.4, 0.5) is 23.2 Å². The van der Waals surface area contributed by atoms with Crippen molar-refractivity contribution < 1.29 is 37.3 Å². The summed E-state index contributed by atoms with van der Waals surface area (Å²) in [5.74, 6) is -4.06. The van der Waals surface area contributed by atoms with Crippen LogP contribution >= 0.6 is 0 Å². The lowest BCUT2D eigenvalue weighted by Crippen LogP contribution is -2.59. The number of halogens is 4. The molecule has 0 aliphatic carbocycles. The van der Waals surface area contributed by atoms with Gasteiger partial charge in [-0.05, 0) is 44.2 Å². The third kappa shape index (κ3) is 4.49. The van der Waals surface area contributed by atoms with Gasteiger partial charge in [-0.2, -0.15) is 0 Å². The Hall–Kier alpha value is -3.41. The van der Waals surface area contributed by atoms with Crippen molar-refractivity contribution in [1.29, 1.82) is 0 Å². The number of hydrogen-bond acceptors (Lipinski definition) is 6. The number of carbonyl (C=O) groups excluding carboxylic acids is 1. The lowest BCUT2D eigenvalue weighted by molar-refractivity contribution is -0.245. The molecular formula is C24H21F4N3O4. The number of alkyl halides is 1. The normalized spacial score (nSPS) is 26.4. The van der Waals surface area contributed by atoms with Gasteiger partial charge in [-0.25, -0.2) is 22.5 Å². The molecule has 1 aromatic carbocycles. The number of aromatic nitrogens is 2. The molecule has 11 heteroatoms. The molecule has 0 saturated carbocycles. The van der Waals surface area contributed by atoms with Gasteiger partial charge in [0.2, 0.25) is 0 Å². The second-order valence-electron chi connectivity index (χ2n) is 8.35. The summed E-state index contributed by atoms with van der Waals surface area (Å²) < 4.78 is 63.3. The Morgan fingerprint density at radius 3 is 2.49 bits per heavy atom. The van der Waals surface area contributed by atoms with Gasteiger partial charge in [0.1, 0.15) is 46.6 Å². The average Bonchev–Trinajstić information content (AvgIpc) is 2.82. The van der Waals surface area contributed by atoms with Crippen LogP contribution < -0.4 is 5.32 Å². The van der Waals surface area contributed by atoms with Gasteiger partial charge in [0.05, 0.1) is 23.6 Å². The predicted octanol–water partition coefficient (Wildman–Crippen LogP) is 3.72. The molecule has 1 aliphatic heterocycles. The molecule has 184 valence electrons. The van der Waals surface area contributed by atoms with Crippen LogP contribution in [0, 0.1) is 17.5 Å². The molecule has 3 aromatic rings. The van der Waals surface area contributed by atoms with Crippen LogP contribution in [0.2, 0.25) is 0 Å². The molecule has 0 spiro atoms. The summed E-state index contributed by atoms with van der Waals surface area (Å²) in [6.07, 6.45) is -3.61. The van der Waals surface area contributed by atoms with Crippen molar-refractivity contribution in [2.24, 2.45) is 0 Å². The topological polar surface area (TPSA) is 105 Å². The number of carbonyl (C=O) groups is 1. The summed E-state index contributed by atoms with van der Waals surface area (Å²) in [5.41, 5.74) is -3.54. The number of aliphatic hydroxyl groups excluding tert-OH is 1. The number of hydrogen-bond donors (Lipinski definition) is 3. The number of rotatable bonds is 4. The van der Waals surface area contributed by atoms with Crippen molar-refractivity contribution >= 4 is 11.6 Å². The highest BCUT2D eigenvalue weighted by Gasteiger charge is 2.51. The second-order valence-corrected chi connectivity index (χ2v) is 8.35. The Kier molecular flexibility index (Phi) is 6.58. The van der Waals surface area contributed by atoms with Gasteiger partial charge in [-0.15, -0.1) is 0 Å². The molecule has 0 bridgehead atoms. The fraction of sp³-hybridized carbons (Fsp3) is 0.292. The van der Waals surface area contributed by atoms with Gasteiger partial charge in [-0.1, -0.05) is 6.07 Å². The molecule has 3 heterocycles. The van der Waals surface area contributed by atoms with E-state index in [1.165, 1.54) is 32.3 Å². The Balaban J connectivity index is 1.66. The zero-order valence-electron chi connectivity index (χ0n) is 18.5. The zero-order chi connectivity index (χ0) is 25.5.